The second-order valence-electron chi connectivity index (χ2n) is 3.21. The van der Waals surface area contributed by atoms with Gasteiger partial charge in [-0.2, -0.15) is 0 Å². The lowest BCUT2D eigenvalue weighted by Crippen LogP contribution is -2.10. The van der Waals surface area contributed by atoms with Crippen LogP contribution in [-0.2, 0) is 0 Å². The minimum absolute atomic E-state index is 0.136. The number of halogens is 1. The van der Waals surface area contributed by atoms with E-state index in [1.807, 2.05) is 6.92 Å². The minimum Gasteiger partial charge on any atom is -0.507 e. The summed E-state index contributed by atoms with van der Waals surface area (Å²) < 4.78 is 0.594. The Hall–Kier alpha value is -1.07. The molecule has 1 atom stereocenters. The number of hydrogen-bond donors (Lipinski definition) is 3. The number of nitrogens with two attached hydrogens (primary N) is 1. The number of carbonyl (C=O) groups is 1. The molecule has 4 nitrogen and oxygen atoms in total. The number of phenols is 1. The van der Waals surface area contributed by atoms with Crippen LogP contribution in [0.25, 0.3) is 0 Å². The van der Waals surface area contributed by atoms with Crippen molar-refractivity contribution in [2.75, 3.05) is 0 Å². The van der Waals surface area contributed by atoms with Gasteiger partial charge in [0.25, 0.3) is 0 Å². The van der Waals surface area contributed by atoms with Gasteiger partial charge in [0.15, 0.2) is 0 Å². The lowest BCUT2D eigenvalue weighted by atomic mass is 10.0. The molecule has 1 rings (SSSR count). The van der Waals surface area contributed by atoms with Crippen LogP contribution in [0.5, 0.6) is 5.75 Å². The van der Waals surface area contributed by atoms with Crippen molar-refractivity contribution in [3.8, 4) is 5.75 Å². The van der Waals surface area contributed by atoms with Crippen LogP contribution in [0.2, 0.25) is 0 Å². The number of hydrogen-bond acceptors (Lipinski definition) is 3. The second-order valence-corrected chi connectivity index (χ2v) is 4.13. The van der Waals surface area contributed by atoms with Crippen molar-refractivity contribution in [3.63, 3.8) is 0 Å². The highest BCUT2D eigenvalue weighted by Crippen LogP contribution is 2.31. The van der Waals surface area contributed by atoms with Gasteiger partial charge in [0, 0.05) is 16.1 Å². The molecule has 0 amide bonds. The minimum atomic E-state index is -1.17. The van der Waals surface area contributed by atoms with Crippen molar-refractivity contribution < 1.29 is 15.0 Å². The summed E-state index contributed by atoms with van der Waals surface area (Å²) in [5.74, 6) is -1.42. The molecule has 0 radical (unpaired) electrons. The van der Waals surface area contributed by atoms with Crippen LogP contribution in [0, 0.1) is 0 Å². The SMILES string of the molecule is CC[C@H](N)c1cc(Br)cc(C(=O)O)c1O. The molecule has 4 N–H and O–H groups in total. The number of carboxylic acids is 1. The van der Waals surface area contributed by atoms with Gasteiger partial charge in [0.2, 0.25) is 0 Å². The van der Waals surface area contributed by atoms with Gasteiger partial charge in [-0.25, -0.2) is 4.79 Å². The largest absolute Gasteiger partial charge is 0.507 e. The topological polar surface area (TPSA) is 83.6 Å². The molecule has 0 spiro atoms. The molecule has 0 aromatic heterocycles. The van der Waals surface area contributed by atoms with Gasteiger partial charge in [0.1, 0.15) is 11.3 Å². The van der Waals surface area contributed by atoms with E-state index in [1.54, 1.807) is 6.07 Å². The van der Waals surface area contributed by atoms with Crippen LogP contribution < -0.4 is 5.73 Å². The number of benzene rings is 1. The van der Waals surface area contributed by atoms with E-state index in [2.05, 4.69) is 15.9 Å². The summed E-state index contributed by atoms with van der Waals surface area (Å²) >= 11 is 3.18. The molecule has 0 fully saturated rings. The van der Waals surface area contributed by atoms with Crippen molar-refractivity contribution in [2.45, 2.75) is 19.4 Å². The molecule has 1 aromatic rings. The summed E-state index contributed by atoms with van der Waals surface area (Å²) in [4.78, 5) is 10.8. The normalized spacial score (nSPS) is 12.5. The van der Waals surface area contributed by atoms with Crippen molar-refractivity contribution in [1.82, 2.24) is 0 Å². The average Bonchev–Trinajstić information content (AvgIpc) is 2.19. The van der Waals surface area contributed by atoms with Crippen LogP contribution >= 0.6 is 15.9 Å². The Morgan fingerprint density at radius 3 is 2.67 bits per heavy atom. The summed E-state index contributed by atoms with van der Waals surface area (Å²) in [6.45, 7) is 1.87. The molecule has 0 aliphatic carbocycles. The molecule has 0 bridgehead atoms. The highest BCUT2D eigenvalue weighted by atomic mass is 79.9. The summed E-state index contributed by atoms with van der Waals surface area (Å²) in [7, 11) is 0. The monoisotopic (exact) mass is 273 g/mol. The van der Waals surface area contributed by atoms with Crippen molar-refractivity contribution in [3.05, 3.63) is 27.7 Å². The van der Waals surface area contributed by atoms with E-state index in [-0.39, 0.29) is 17.4 Å². The first kappa shape index (κ1) is 12.0. The summed E-state index contributed by atoms with van der Waals surface area (Å²) in [6, 6.07) is 2.63. The van der Waals surface area contributed by atoms with Crippen LogP contribution in [0.4, 0.5) is 0 Å². The molecule has 0 unspecified atom stereocenters. The fourth-order valence-corrected chi connectivity index (χ4v) is 1.76. The third kappa shape index (κ3) is 2.49. The Balaban J connectivity index is 3.34. The maximum Gasteiger partial charge on any atom is 0.339 e. The van der Waals surface area contributed by atoms with E-state index in [1.165, 1.54) is 6.07 Å². The van der Waals surface area contributed by atoms with Gasteiger partial charge < -0.3 is 15.9 Å². The lowest BCUT2D eigenvalue weighted by Gasteiger charge is -2.13. The standard InChI is InChI=1S/C10H12BrNO3/c1-2-8(12)6-3-5(11)4-7(9(6)13)10(14)15/h3-4,8,13H,2,12H2,1H3,(H,14,15)/t8-/m0/s1. The number of aromatic carboxylic acids is 1. The van der Waals surface area contributed by atoms with Crippen molar-refractivity contribution in [1.29, 1.82) is 0 Å². The molecule has 15 heavy (non-hydrogen) atoms. The van der Waals surface area contributed by atoms with Crippen LogP contribution in [0.1, 0.15) is 35.3 Å². The third-order valence-electron chi connectivity index (χ3n) is 2.17. The van der Waals surface area contributed by atoms with Gasteiger partial charge in [0.05, 0.1) is 0 Å². The first-order valence-electron chi connectivity index (χ1n) is 4.48. The van der Waals surface area contributed by atoms with E-state index < -0.39 is 5.97 Å². The van der Waals surface area contributed by atoms with E-state index in [0.717, 1.165) is 0 Å². The molecule has 0 aliphatic rings. The van der Waals surface area contributed by atoms with Crippen molar-refractivity contribution >= 4 is 21.9 Å². The molecule has 0 heterocycles. The van der Waals surface area contributed by atoms with Crippen LogP contribution in [0.15, 0.2) is 16.6 Å². The Bertz CT molecular complexity index is 392. The maximum atomic E-state index is 10.8. The molecule has 0 saturated carbocycles. The summed E-state index contributed by atoms with van der Waals surface area (Å²) in [5.41, 5.74) is 6.07. The predicted octanol–water partition coefficient (Wildman–Crippen LogP) is 2.26. The zero-order chi connectivity index (χ0) is 11.6. The number of aromatic hydroxyl groups is 1. The predicted molar refractivity (Wildman–Crippen MR) is 60.0 cm³/mol. The highest BCUT2D eigenvalue weighted by Gasteiger charge is 2.18. The summed E-state index contributed by atoms with van der Waals surface area (Å²) in [5, 5.41) is 18.6. The third-order valence-corrected chi connectivity index (χ3v) is 2.63. The number of rotatable bonds is 3. The van der Waals surface area contributed by atoms with Gasteiger partial charge in [-0.3, -0.25) is 0 Å². The second kappa shape index (κ2) is 4.63. The molecular weight excluding hydrogens is 262 g/mol. The van der Waals surface area contributed by atoms with Crippen molar-refractivity contribution in [2.24, 2.45) is 5.73 Å². The zero-order valence-corrected chi connectivity index (χ0v) is 9.78. The Morgan fingerprint density at radius 2 is 2.20 bits per heavy atom. The quantitative estimate of drug-likeness (QED) is 0.789. The highest BCUT2D eigenvalue weighted by molar-refractivity contribution is 9.10. The van der Waals surface area contributed by atoms with E-state index >= 15 is 0 Å². The first-order chi connectivity index (χ1) is 6.97. The van der Waals surface area contributed by atoms with Gasteiger partial charge in [-0.15, -0.1) is 0 Å². The maximum absolute atomic E-state index is 10.8. The zero-order valence-electron chi connectivity index (χ0n) is 8.20. The fraction of sp³-hybridized carbons (Fsp3) is 0.300. The van der Waals surface area contributed by atoms with E-state index in [9.17, 15) is 9.90 Å². The van der Waals surface area contributed by atoms with E-state index in [4.69, 9.17) is 10.8 Å². The number of carboxylic acid groups (broad SMARTS) is 1. The van der Waals surface area contributed by atoms with Crippen LogP contribution in [-0.4, -0.2) is 16.2 Å². The van der Waals surface area contributed by atoms with Gasteiger partial charge >= 0.3 is 5.97 Å². The smallest absolute Gasteiger partial charge is 0.339 e. The molecule has 0 saturated heterocycles. The molecule has 1 aromatic carbocycles. The first-order valence-corrected chi connectivity index (χ1v) is 5.28. The molecule has 5 heteroatoms. The average molecular weight is 274 g/mol. The lowest BCUT2D eigenvalue weighted by molar-refractivity contribution is 0.0693. The van der Waals surface area contributed by atoms with Crippen LogP contribution in [0.3, 0.4) is 0 Å². The fourth-order valence-electron chi connectivity index (χ4n) is 1.29. The van der Waals surface area contributed by atoms with Gasteiger partial charge in [-0.05, 0) is 18.6 Å². The summed E-state index contributed by atoms with van der Waals surface area (Å²) in [6.07, 6.45) is 0.628. The Morgan fingerprint density at radius 1 is 1.60 bits per heavy atom. The molecular formula is C10H12BrNO3. The Kier molecular flexibility index (Phi) is 3.71. The molecule has 0 aliphatic heterocycles. The van der Waals surface area contributed by atoms with Gasteiger partial charge in [-0.1, -0.05) is 22.9 Å². The van der Waals surface area contributed by atoms with E-state index in [0.29, 0.717) is 16.5 Å². The Labute approximate surface area is 95.8 Å². The molecule has 82 valence electrons.